The maximum Gasteiger partial charge on any atom is 0.375 e. The molecule has 106 valence electrons. The molecule has 0 amide bonds. The number of nitrogens with zero attached hydrogens (tertiary/aromatic N) is 3. The van der Waals surface area contributed by atoms with Crippen LogP contribution in [0.5, 0.6) is 0 Å². The van der Waals surface area contributed by atoms with Crippen LogP contribution >= 0.6 is 0 Å². The van der Waals surface area contributed by atoms with Crippen LogP contribution in [0.25, 0.3) is 5.69 Å². The lowest BCUT2D eigenvalue weighted by Gasteiger charge is -2.09. The van der Waals surface area contributed by atoms with Gasteiger partial charge in [-0.05, 0) is 30.0 Å². The van der Waals surface area contributed by atoms with E-state index in [1.807, 2.05) is 25.1 Å². The number of aromatic nitrogens is 3. The molecule has 0 aliphatic carbocycles. The van der Waals surface area contributed by atoms with Gasteiger partial charge in [0.2, 0.25) is 0 Å². The first kappa shape index (κ1) is 14.2. The van der Waals surface area contributed by atoms with Gasteiger partial charge in [-0.25, -0.2) is 14.5 Å². The van der Waals surface area contributed by atoms with E-state index in [4.69, 9.17) is 5.11 Å². The maximum absolute atomic E-state index is 11.0. The Balaban J connectivity index is 2.50. The number of hydrogen-bond donors (Lipinski definition) is 1. The molecule has 1 aromatic carbocycles. The Kier molecular flexibility index (Phi) is 4.17. The van der Waals surface area contributed by atoms with Crippen molar-refractivity contribution in [2.24, 2.45) is 0 Å². The molecule has 2 aromatic rings. The summed E-state index contributed by atoms with van der Waals surface area (Å²) in [7, 11) is 0. The third-order valence-corrected chi connectivity index (χ3v) is 3.12. The predicted molar refractivity (Wildman–Crippen MR) is 76.4 cm³/mol. The minimum atomic E-state index is -1.10. The SMILES string of the molecule is CCCc1nc(C(=O)O)nn1-c1cccc(C(C)C)c1. The molecule has 0 saturated carbocycles. The number of aryl methyl sites for hydroxylation is 1. The fourth-order valence-electron chi connectivity index (χ4n) is 2.04. The molecule has 1 heterocycles. The number of carboxylic acid groups (broad SMARTS) is 1. The van der Waals surface area contributed by atoms with E-state index in [9.17, 15) is 4.79 Å². The van der Waals surface area contributed by atoms with Crippen molar-refractivity contribution >= 4 is 5.97 Å². The highest BCUT2D eigenvalue weighted by Crippen LogP contribution is 2.19. The summed E-state index contributed by atoms with van der Waals surface area (Å²) in [5.41, 5.74) is 2.05. The molecule has 0 saturated heterocycles. The highest BCUT2D eigenvalue weighted by molar-refractivity contribution is 5.83. The molecule has 1 N–H and O–H groups in total. The summed E-state index contributed by atoms with van der Waals surface area (Å²) in [6.07, 6.45) is 1.59. The molecule has 0 atom stereocenters. The van der Waals surface area contributed by atoms with E-state index < -0.39 is 5.97 Å². The predicted octanol–water partition coefficient (Wildman–Crippen LogP) is 3.04. The molecule has 20 heavy (non-hydrogen) atoms. The van der Waals surface area contributed by atoms with E-state index in [1.165, 1.54) is 5.56 Å². The van der Waals surface area contributed by atoms with Crippen molar-refractivity contribution in [1.29, 1.82) is 0 Å². The van der Waals surface area contributed by atoms with Crippen LogP contribution in [0.2, 0.25) is 0 Å². The van der Waals surface area contributed by atoms with Gasteiger partial charge >= 0.3 is 5.97 Å². The summed E-state index contributed by atoms with van der Waals surface area (Å²) in [4.78, 5) is 15.1. The zero-order valence-electron chi connectivity index (χ0n) is 12.0. The van der Waals surface area contributed by atoms with Crippen molar-refractivity contribution in [3.63, 3.8) is 0 Å². The van der Waals surface area contributed by atoms with E-state index >= 15 is 0 Å². The second-order valence-corrected chi connectivity index (χ2v) is 5.07. The highest BCUT2D eigenvalue weighted by atomic mass is 16.4. The molecule has 0 radical (unpaired) electrons. The molecule has 2 rings (SSSR count). The van der Waals surface area contributed by atoms with Crippen LogP contribution in [0.15, 0.2) is 24.3 Å². The molecule has 5 heteroatoms. The zero-order valence-corrected chi connectivity index (χ0v) is 12.0. The number of aromatic carboxylic acids is 1. The molecule has 0 bridgehead atoms. The number of hydrogen-bond acceptors (Lipinski definition) is 3. The van der Waals surface area contributed by atoms with E-state index in [-0.39, 0.29) is 5.82 Å². The Morgan fingerprint density at radius 1 is 1.40 bits per heavy atom. The van der Waals surface area contributed by atoms with Gasteiger partial charge in [0.1, 0.15) is 5.82 Å². The van der Waals surface area contributed by atoms with E-state index in [0.717, 1.165) is 12.1 Å². The topological polar surface area (TPSA) is 68.0 Å². The number of benzene rings is 1. The fraction of sp³-hybridized carbons (Fsp3) is 0.400. The van der Waals surface area contributed by atoms with Crippen molar-refractivity contribution in [3.05, 3.63) is 41.5 Å². The summed E-state index contributed by atoms with van der Waals surface area (Å²) in [5, 5.41) is 13.1. The smallest absolute Gasteiger partial charge is 0.375 e. The monoisotopic (exact) mass is 273 g/mol. The van der Waals surface area contributed by atoms with Crippen molar-refractivity contribution in [2.75, 3.05) is 0 Å². The first-order valence-electron chi connectivity index (χ1n) is 6.82. The molecule has 0 aliphatic rings. The van der Waals surface area contributed by atoms with Crippen LogP contribution in [0.3, 0.4) is 0 Å². The fourth-order valence-corrected chi connectivity index (χ4v) is 2.04. The minimum absolute atomic E-state index is 0.150. The van der Waals surface area contributed by atoms with Crippen molar-refractivity contribution in [1.82, 2.24) is 14.8 Å². The third kappa shape index (κ3) is 2.87. The Morgan fingerprint density at radius 3 is 2.75 bits per heavy atom. The lowest BCUT2D eigenvalue weighted by Crippen LogP contribution is -2.04. The van der Waals surface area contributed by atoms with Crippen molar-refractivity contribution in [2.45, 2.75) is 39.5 Å². The quantitative estimate of drug-likeness (QED) is 0.909. The summed E-state index contributed by atoms with van der Waals surface area (Å²) >= 11 is 0. The third-order valence-electron chi connectivity index (χ3n) is 3.12. The van der Waals surface area contributed by atoms with Crippen LogP contribution in [0.1, 0.15) is 55.1 Å². The molecular formula is C15H19N3O2. The second kappa shape index (κ2) is 5.86. The minimum Gasteiger partial charge on any atom is -0.475 e. The van der Waals surface area contributed by atoms with Crippen LogP contribution in [0.4, 0.5) is 0 Å². The van der Waals surface area contributed by atoms with E-state index in [2.05, 4.69) is 30.0 Å². The standard InChI is InChI=1S/C15H19N3O2/c1-4-6-13-16-14(15(19)20)17-18(13)12-8-5-7-11(9-12)10(2)3/h5,7-10H,4,6H2,1-3H3,(H,19,20). The normalized spacial score (nSPS) is 11.0. The first-order valence-corrected chi connectivity index (χ1v) is 6.82. The van der Waals surface area contributed by atoms with Crippen LogP contribution in [0, 0.1) is 0 Å². The summed E-state index contributed by atoms with van der Waals surface area (Å²) in [6, 6.07) is 7.97. The van der Waals surface area contributed by atoms with Gasteiger partial charge in [-0.15, -0.1) is 5.10 Å². The Bertz CT molecular complexity index is 617. The summed E-state index contributed by atoms with van der Waals surface area (Å²) in [6.45, 7) is 6.27. The van der Waals surface area contributed by atoms with Gasteiger partial charge in [0, 0.05) is 6.42 Å². The van der Waals surface area contributed by atoms with Gasteiger partial charge in [0.25, 0.3) is 5.82 Å². The van der Waals surface area contributed by atoms with Crippen LogP contribution in [-0.2, 0) is 6.42 Å². The molecular weight excluding hydrogens is 254 g/mol. The second-order valence-electron chi connectivity index (χ2n) is 5.07. The number of carbonyl (C=O) groups is 1. The lowest BCUT2D eigenvalue weighted by atomic mass is 10.0. The Labute approximate surface area is 118 Å². The lowest BCUT2D eigenvalue weighted by molar-refractivity contribution is 0.0683. The average molecular weight is 273 g/mol. The Morgan fingerprint density at radius 2 is 2.15 bits per heavy atom. The molecule has 0 aliphatic heterocycles. The van der Waals surface area contributed by atoms with Crippen molar-refractivity contribution < 1.29 is 9.90 Å². The summed E-state index contributed by atoms with van der Waals surface area (Å²) in [5.74, 6) is -0.151. The molecule has 0 fully saturated rings. The average Bonchev–Trinajstić information content (AvgIpc) is 2.83. The molecule has 0 unspecified atom stereocenters. The first-order chi connectivity index (χ1) is 9.52. The molecule has 1 aromatic heterocycles. The highest BCUT2D eigenvalue weighted by Gasteiger charge is 2.16. The number of rotatable bonds is 5. The molecule has 0 spiro atoms. The van der Waals surface area contributed by atoms with Gasteiger partial charge in [0.05, 0.1) is 5.69 Å². The van der Waals surface area contributed by atoms with Gasteiger partial charge in [-0.2, -0.15) is 0 Å². The van der Waals surface area contributed by atoms with Gasteiger partial charge in [0.15, 0.2) is 0 Å². The Hall–Kier alpha value is -2.17. The van der Waals surface area contributed by atoms with Crippen molar-refractivity contribution in [3.8, 4) is 5.69 Å². The zero-order chi connectivity index (χ0) is 14.7. The maximum atomic E-state index is 11.0. The largest absolute Gasteiger partial charge is 0.475 e. The van der Waals surface area contributed by atoms with Gasteiger partial charge in [-0.3, -0.25) is 0 Å². The number of carboxylic acids is 1. The van der Waals surface area contributed by atoms with Crippen LogP contribution < -0.4 is 0 Å². The summed E-state index contributed by atoms with van der Waals surface area (Å²) < 4.78 is 1.64. The molecule has 5 nitrogen and oxygen atoms in total. The van der Waals surface area contributed by atoms with E-state index in [0.29, 0.717) is 18.2 Å². The van der Waals surface area contributed by atoms with Gasteiger partial charge in [-0.1, -0.05) is 32.9 Å². The van der Waals surface area contributed by atoms with Gasteiger partial charge < -0.3 is 5.11 Å². The van der Waals surface area contributed by atoms with E-state index in [1.54, 1.807) is 4.68 Å². The van der Waals surface area contributed by atoms with Crippen LogP contribution in [-0.4, -0.2) is 25.8 Å².